The molecule has 23 heavy (non-hydrogen) atoms. The molecule has 0 amide bonds. The van der Waals surface area contributed by atoms with Gasteiger partial charge in [0.05, 0.1) is 6.20 Å². The van der Waals surface area contributed by atoms with E-state index in [9.17, 15) is 4.79 Å². The molecule has 0 saturated heterocycles. The predicted molar refractivity (Wildman–Crippen MR) is 89.9 cm³/mol. The summed E-state index contributed by atoms with van der Waals surface area (Å²) in [5, 5.41) is 11.9. The van der Waals surface area contributed by atoms with Gasteiger partial charge in [0.1, 0.15) is 5.39 Å². The molecule has 1 aromatic carbocycles. The standard InChI is InChI=1S/C15H13ClN6O/c16-10-1-2-12-9(7-10)3-5-22(12)6-4-17-15-19-13-11(8-18-21-13)14(23)20-15/h1-3,5,7-8H,4,6H2,(H3,17,18,19,20,21,23). The SMILES string of the molecule is O=c1[nH]c(NCCn2ccc3cc(Cl)ccc32)nc2[nH]ncc12. The fourth-order valence-corrected chi connectivity index (χ4v) is 2.77. The highest BCUT2D eigenvalue weighted by atomic mass is 35.5. The lowest BCUT2D eigenvalue weighted by Crippen LogP contribution is -2.16. The van der Waals surface area contributed by atoms with Crippen molar-refractivity contribution in [2.24, 2.45) is 0 Å². The molecule has 0 bridgehead atoms. The molecule has 4 aromatic rings. The van der Waals surface area contributed by atoms with Gasteiger partial charge in [0, 0.05) is 35.2 Å². The van der Waals surface area contributed by atoms with Crippen LogP contribution in [0.1, 0.15) is 0 Å². The van der Waals surface area contributed by atoms with Crippen molar-refractivity contribution in [2.45, 2.75) is 6.54 Å². The van der Waals surface area contributed by atoms with E-state index in [1.807, 2.05) is 30.5 Å². The number of anilines is 1. The average Bonchev–Trinajstić information content (AvgIpc) is 3.14. The summed E-state index contributed by atoms with van der Waals surface area (Å²) in [5.41, 5.74) is 1.37. The zero-order valence-corrected chi connectivity index (χ0v) is 12.8. The fourth-order valence-electron chi connectivity index (χ4n) is 2.59. The molecule has 0 unspecified atom stereocenters. The molecule has 7 nitrogen and oxygen atoms in total. The van der Waals surface area contributed by atoms with Crippen LogP contribution in [-0.2, 0) is 6.54 Å². The van der Waals surface area contributed by atoms with Crippen LogP contribution in [0.15, 0.2) is 41.5 Å². The molecule has 116 valence electrons. The molecule has 0 fully saturated rings. The second-order valence-electron chi connectivity index (χ2n) is 5.19. The Bertz CT molecular complexity index is 1050. The molecular weight excluding hydrogens is 316 g/mol. The molecule has 4 rings (SSSR count). The maximum absolute atomic E-state index is 11.8. The maximum Gasteiger partial charge on any atom is 0.263 e. The molecule has 0 atom stereocenters. The Labute approximate surface area is 135 Å². The Morgan fingerprint density at radius 1 is 1.30 bits per heavy atom. The van der Waals surface area contributed by atoms with Crippen LogP contribution in [0.25, 0.3) is 21.9 Å². The number of fused-ring (bicyclic) bond motifs is 2. The minimum Gasteiger partial charge on any atom is -0.354 e. The number of rotatable bonds is 4. The molecule has 0 radical (unpaired) electrons. The molecule has 0 aliphatic carbocycles. The summed E-state index contributed by atoms with van der Waals surface area (Å²) in [6.45, 7) is 1.35. The minimum absolute atomic E-state index is 0.215. The van der Waals surface area contributed by atoms with Crippen molar-refractivity contribution in [3.8, 4) is 0 Å². The number of nitrogens with zero attached hydrogens (tertiary/aromatic N) is 3. The Balaban J connectivity index is 1.51. The monoisotopic (exact) mass is 328 g/mol. The number of benzene rings is 1. The first-order valence-electron chi connectivity index (χ1n) is 7.12. The van der Waals surface area contributed by atoms with Crippen molar-refractivity contribution in [3.05, 3.63) is 52.0 Å². The summed E-state index contributed by atoms with van der Waals surface area (Å²) in [4.78, 5) is 18.8. The van der Waals surface area contributed by atoms with Crippen molar-refractivity contribution in [1.29, 1.82) is 0 Å². The Morgan fingerprint density at radius 2 is 2.22 bits per heavy atom. The van der Waals surface area contributed by atoms with Crippen LogP contribution in [0.4, 0.5) is 5.95 Å². The quantitative estimate of drug-likeness (QED) is 0.536. The average molecular weight is 329 g/mol. The van der Waals surface area contributed by atoms with E-state index in [1.54, 1.807) is 0 Å². The van der Waals surface area contributed by atoms with Crippen molar-refractivity contribution in [2.75, 3.05) is 11.9 Å². The van der Waals surface area contributed by atoms with Gasteiger partial charge in [-0.2, -0.15) is 10.1 Å². The van der Waals surface area contributed by atoms with Crippen LogP contribution < -0.4 is 10.9 Å². The van der Waals surface area contributed by atoms with Crippen molar-refractivity contribution < 1.29 is 0 Å². The second kappa shape index (κ2) is 5.44. The summed E-state index contributed by atoms with van der Waals surface area (Å²) in [7, 11) is 0. The summed E-state index contributed by atoms with van der Waals surface area (Å²) >= 11 is 5.99. The second-order valence-corrected chi connectivity index (χ2v) is 5.62. The summed E-state index contributed by atoms with van der Waals surface area (Å²) in [5.74, 6) is 0.422. The lowest BCUT2D eigenvalue weighted by Gasteiger charge is -2.08. The van der Waals surface area contributed by atoms with Gasteiger partial charge in [-0.15, -0.1) is 0 Å². The van der Waals surface area contributed by atoms with E-state index >= 15 is 0 Å². The molecule has 3 aromatic heterocycles. The van der Waals surface area contributed by atoms with Crippen LogP contribution in [0.2, 0.25) is 5.02 Å². The highest BCUT2D eigenvalue weighted by molar-refractivity contribution is 6.31. The summed E-state index contributed by atoms with van der Waals surface area (Å²) in [6, 6.07) is 7.83. The van der Waals surface area contributed by atoms with Gasteiger partial charge in [0.2, 0.25) is 5.95 Å². The van der Waals surface area contributed by atoms with Crippen molar-refractivity contribution >= 4 is 39.5 Å². The minimum atomic E-state index is -0.215. The number of hydrogen-bond acceptors (Lipinski definition) is 4. The molecular formula is C15H13ClN6O. The van der Waals surface area contributed by atoms with Crippen molar-refractivity contribution in [3.63, 3.8) is 0 Å². The van der Waals surface area contributed by atoms with Gasteiger partial charge in [0.15, 0.2) is 5.65 Å². The number of halogens is 1. The molecule has 8 heteroatoms. The van der Waals surface area contributed by atoms with E-state index in [2.05, 4.69) is 30.0 Å². The van der Waals surface area contributed by atoms with E-state index in [-0.39, 0.29) is 5.56 Å². The van der Waals surface area contributed by atoms with Gasteiger partial charge < -0.3 is 9.88 Å². The van der Waals surface area contributed by atoms with Crippen LogP contribution in [0.5, 0.6) is 0 Å². The third kappa shape index (κ3) is 2.55. The molecule has 0 aliphatic heterocycles. The van der Waals surface area contributed by atoms with Crippen LogP contribution in [0.3, 0.4) is 0 Å². The molecule has 3 N–H and O–H groups in total. The van der Waals surface area contributed by atoms with Crippen LogP contribution >= 0.6 is 11.6 Å². The number of aromatic nitrogens is 5. The molecule has 0 aliphatic rings. The molecule has 0 saturated carbocycles. The third-order valence-corrected chi connectivity index (χ3v) is 3.93. The van der Waals surface area contributed by atoms with Gasteiger partial charge in [0.25, 0.3) is 5.56 Å². The summed E-state index contributed by atoms with van der Waals surface area (Å²) in [6.07, 6.45) is 3.47. The fraction of sp³-hybridized carbons (Fsp3) is 0.133. The first-order chi connectivity index (χ1) is 11.2. The Morgan fingerprint density at radius 3 is 3.13 bits per heavy atom. The van der Waals surface area contributed by atoms with E-state index in [0.29, 0.717) is 23.5 Å². The smallest absolute Gasteiger partial charge is 0.263 e. The van der Waals surface area contributed by atoms with Gasteiger partial charge in [-0.25, -0.2) is 0 Å². The van der Waals surface area contributed by atoms with Crippen LogP contribution in [-0.4, -0.2) is 31.3 Å². The zero-order valence-electron chi connectivity index (χ0n) is 12.0. The van der Waals surface area contributed by atoms with Crippen LogP contribution in [0, 0.1) is 0 Å². The first-order valence-corrected chi connectivity index (χ1v) is 7.50. The van der Waals surface area contributed by atoms with E-state index in [0.717, 1.165) is 22.5 Å². The van der Waals surface area contributed by atoms with E-state index < -0.39 is 0 Å². The number of H-pyrrole nitrogens is 2. The van der Waals surface area contributed by atoms with E-state index in [4.69, 9.17) is 11.6 Å². The maximum atomic E-state index is 11.8. The lowest BCUT2D eigenvalue weighted by atomic mass is 10.2. The lowest BCUT2D eigenvalue weighted by molar-refractivity contribution is 0.752. The molecule has 0 spiro atoms. The molecule has 3 heterocycles. The third-order valence-electron chi connectivity index (χ3n) is 3.70. The van der Waals surface area contributed by atoms with Gasteiger partial charge in [-0.1, -0.05) is 11.6 Å². The Hall–Kier alpha value is -2.80. The summed E-state index contributed by atoms with van der Waals surface area (Å²) < 4.78 is 2.12. The normalized spacial score (nSPS) is 11.3. The number of hydrogen-bond donors (Lipinski definition) is 3. The predicted octanol–water partition coefficient (Wildman–Crippen LogP) is 2.37. The topological polar surface area (TPSA) is 91.4 Å². The van der Waals surface area contributed by atoms with Gasteiger partial charge >= 0.3 is 0 Å². The first kappa shape index (κ1) is 13.8. The number of nitrogens with one attached hydrogen (secondary N) is 3. The highest BCUT2D eigenvalue weighted by Gasteiger charge is 2.05. The largest absolute Gasteiger partial charge is 0.354 e. The zero-order chi connectivity index (χ0) is 15.8. The van der Waals surface area contributed by atoms with Gasteiger partial charge in [-0.05, 0) is 24.3 Å². The Kier molecular flexibility index (Phi) is 3.27. The van der Waals surface area contributed by atoms with Crippen molar-refractivity contribution in [1.82, 2.24) is 24.7 Å². The van der Waals surface area contributed by atoms with E-state index in [1.165, 1.54) is 6.20 Å². The number of aromatic amines is 2. The van der Waals surface area contributed by atoms with Gasteiger partial charge in [-0.3, -0.25) is 14.9 Å². The highest BCUT2D eigenvalue weighted by Crippen LogP contribution is 2.20.